The Labute approximate surface area is 138 Å². The second-order valence-corrected chi connectivity index (χ2v) is 5.97. The molecule has 2 aromatic rings. The zero-order valence-corrected chi connectivity index (χ0v) is 14.6. The highest BCUT2D eigenvalue weighted by molar-refractivity contribution is 5.94. The van der Waals surface area contributed by atoms with Gasteiger partial charge in [0.25, 0.3) is 5.91 Å². The maximum Gasteiger partial charge on any atom is 0.251 e. The van der Waals surface area contributed by atoms with Crippen LogP contribution in [0.5, 0.6) is 5.75 Å². The number of amides is 1. The second-order valence-electron chi connectivity index (χ2n) is 5.97. The Morgan fingerprint density at radius 2 is 1.83 bits per heavy atom. The van der Waals surface area contributed by atoms with Crippen molar-refractivity contribution in [2.24, 2.45) is 0 Å². The predicted molar refractivity (Wildman–Crippen MR) is 94.1 cm³/mol. The Bertz CT molecular complexity index is 707. The minimum Gasteiger partial charge on any atom is -0.494 e. The molecule has 0 aliphatic heterocycles. The molecule has 0 spiro atoms. The minimum atomic E-state index is -0.0661. The van der Waals surface area contributed by atoms with E-state index >= 15 is 0 Å². The molecule has 1 amide bonds. The van der Waals surface area contributed by atoms with E-state index in [0.717, 1.165) is 16.9 Å². The van der Waals surface area contributed by atoms with E-state index < -0.39 is 0 Å². The number of hydrogen-bond donors (Lipinski definition) is 1. The van der Waals surface area contributed by atoms with Crippen molar-refractivity contribution < 1.29 is 9.53 Å². The van der Waals surface area contributed by atoms with Crippen molar-refractivity contribution in [3.8, 4) is 5.75 Å². The fraction of sp³-hybridized carbons (Fsp3) is 0.350. The normalized spacial score (nSPS) is 11.9. The third-order valence-electron chi connectivity index (χ3n) is 3.98. The smallest absolute Gasteiger partial charge is 0.251 e. The summed E-state index contributed by atoms with van der Waals surface area (Å²) in [5, 5.41) is 3.07. The van der Waals surface area contributed by atoms with Gasteiger partial charge in [-0.1, -0.05) is 23.8 Å². The first-order chi connectivity index (χ1) is 10.9. The molecule has 1 atom stereocenters. The Kier molecular flexibility index (Phi) is 5.43. The summed E-state index contributed by atoms with van der Waals surface area (Å²) in [7, 11) is 0. The summed E-state index contributed by atoms with van der Waals surface area (Å²) in [4.78, 5) is 12.5. The number of carbonyl (C=O) groups excluding carboxylic acids is 1. The van der Waals surface area contributed by atoms with Gasteiger partial charge in [0.15, 0.2) is 0 Å². The number of carbonyl (C=O) groups is 1. The van der Waals surface area contributed by atoms with Crippen molar-refractivity contribution in [3.63, 3.8) is 0 Å². The molecule has 1 N–H and O–H groups in total. The third-order valence-corrected chi connectivity index (χ3v) is 3.98. The molecule has 0 saturated heterocycles. The lowest BCUT2D eigenvalue weighted by atomic mass is 10.00. The summed E-state index contributed by atoms with van der Waals surface area (Å²) in [6.45, 7) is 10.7. The molecule has 3 heteroatoms. The number of ether oxygens (including phenoxy) is 1. The Hall–Kier alpha value is -2.29. The van der Waals surface area contributed by atoms with E-state index in [1.54, 1.807) is 0 Å². The minimum absolute atomic E-state index is 0.0324. The van der Waals surface area contributed by atoms with Gasteiger partial charge < -0.3 is 10.1 Å². The van der Waals surface area contributed by atoms with E-state index in [-0.39, 0.29) is 11.9 Å². The van der Waals surface area contributed by atoms with Crippen LogP contribution in [0.4, 0.5) is 0 Å². The lowest BCUT2D eigenvalue weighted by molar-refractivity contribution is 0.0939. The number of benzene rings is 2. The van der Waals surface area contributed by atoms with Crippen LogP contribution in [0.15, 0.2) is 36.4 Å². The van der Waals surface area contributed by atoms with E-state index in [1.807, 2.05) is 39.0 Å². The van der Waals surface area contributed by atoms with Crippen LogP contribution in [0, 0.1) is 20.8 Å². The SMILES string of the molecule is CCOc1ccc(C(=O)N[C@H](C)c2ccc(C)cc2C)cc1C. The molecule has 122 valence electrons. The van der Waals surface area contributed by atoms with Gasteiger partial charge in [-0.2, -0.15) is 0 Å². The zero-order valence-electron chi connectivity index (χ0n) is 14.6. The molecule has 0 unspecified atom stereocenters. The standard InChI is InChI=1S/C20H25NO2/c1-6-23-19-10-8-17(12-15(19)4)20(22)21-16(5)18-9-7-13(2)11-14(18)3/h7-12,16H,6H2,1-5H3,(H,21,22)/t16-/m1/s1. The average Bonchev–Trinajstić information content (AvgIpc) is 2.49. The largest absolute Gasteiger partial charge is 0.494 e. The van der Waals surface area contributed by atoms with Gasteiger partial charge in [-0.15, -0.1) is 0 Å². The van der Waals surface area contributed by atoms with Crippen LogP contribution in [0.25, 0.3) is 0 Å². The van der Waals surface area contributed by atoms with E-state index in [1.165, 1.54) is 11.1 Å². The molecule has 2 aromatic carbocycles. The van der Waals surface area contributed by atoms with E-state index in [9.17, 15) is 4.79 Å². The Morgan fingerprint density at radius 1 is 1.09 bits per heavy atom. The highest BCUT2D eigenvalue weighted by atomic mass is 16.5. The van der Waals surface area contributed by atoms with E-state index in [4.69, 9.17) is 4.74 Å². The van der Waals surface area contributed by atoms with Crippen molar-refractivity contribution >= 4 is 5.91 Å². The van der Waals surface area contributed by atoms with Crippen molar-refractivity contribution in [2.75, 3.05) is 6.61 Å². The molecule has 2 rings (SSSR count). The van der Waals surface area contributed by atoms with Crippen LogP contribution in [0.2, 0.25) is 0 Å². The van der Waals surface area contributed by atoms with Gasteiger partial charge in [0.1, 0.15) is 5.75 Å². The second kappa shape index (κ2) is 7.32. The monoisotopic (exact) mass is 311 g/mol. The molecule has 0 aliphatic rings. The highest BCUT2D eigenvalue weighted by Gasteiger charge is 2.14. The van der Waals surface area contributed by atoms with Gasteiger partial charge in [0.05, 0.1) is 12.6 Å². The summed E-state index contributed by atoms with van der Waals surface area (Å²) in [6.07, 6.45) is 0. The zero-order chi connectivity index (χ0) is 17.0. The van der Waals surface area contributed by atoms with Crippen molar-refractivity contribution in [3.05, 3.63) is 64.2 Å². The molecular weight excluding hydrogens is 286 g/mol. The third kappa shape index (κ3) is 4.13. The lowest BCUT2D eigenvalue weighted by Crippen LogP contribution is -2.27. The van der Waals surface area contributed by atoms with Crippen molar-refractivity contribution in [2.45, 2.75) is 40.7 Å². The summed E-state index contributed by atoms with van der Waals surface area (Å²) in [5.74, 6) is 0.759. The highest BCUT2D eigenvalue weighted by Crippen LogP contribution is 2.21. The summed E-state index contributed by atoms with van der Waals surface area (Å²) in [5.41, 5.74) is 5.19. The maximum absolute atomic E-state index is 12.5. The summed E-state index contributed by atoms with van der Waals surface area (Å²) >= 11 is 0. The van der Waals surface area contributed by atoms with Gasteiger partial charge >= 0.3 is 0 Å². The van der Waals surface area contributed by atoms with Crippen LogP contribution < -0.4 is 10.1 Å². The number of aryl methyl sites for hydroxylation is 3. The first-order valence-corrected chi connectivity index (χ1v) is 8.03. The molecule has 0 aromatic heterocycles. The first-order valence-electron chi connectivity index (χ1n) is 8.03. The molecule has 0 fully saturated rings. The van der Waals surface area contributed by atoms with Gasteiger partial charge in [0, 0.05) is 5.56 Å². The first kappa shape index (κ1) is 17.1. The van der Waals surface area contributed by atoms with Gasteiger partial charge in [-0.3, -0.25) is 4.79 Å². The fourth-order valence-corrected chi connectivity index (χ4v) is 2.78. The molecule has 0 radical (unpaired) electrons. The van der Waals surface area contributed by atoms with Gasteiger partial charge in [-0.25, -0.2) is 0 Å². The topological polar surface area (TPSA) is 38.3 Å². The lowest BCUT2D eigenvalue weighted by Gasteiger charge is -2.17. The molecule has 0 aliphatic carbocycles. The fourth-order valence-electron chi connectivity index (χ4n) is 2.78. The Balaban J connectivity index is 2.13. The number of rotatable bonds is 5. The quantitative estimate of drug-likeness (QED) is 0.883. The van der Waals surface area contributed by atoms with E-state index in [0.29, 0.717) is 12.2 Å². The summed E-state index contributed by atoms with van der Waals surface area (Å²) < 4.78 is 5.52. The van der Waals surface area contributed by atoms with Crippen LogP contribution in [-0.4, -0.2) is 12.5 Å². The van der Waals surface area contributed by atoms with Crippen LogP contribution in [0.1, 0.15) is 52.5 Å². The molecule has 3 nitrogen and oxygen atoms in total. The van der Waals surface area contributed by atoms with Crippen molar-refractivity contribution in [1.29, 1.82) is 0 Å². The van der Waals surface area contributed by atoms with Crippen molar-refractivity contribution in [1.82, 2.24) is 5.32 Å². The number of nitrogens with one attached hydrogen (secondary N) is 1. The molecule has 0 bridgehead atoms. The van der Waals surface area contributed by atoms with Crippen LogP contribution >= 0.6 is 0 Å². The predicted octanol–water partition coefficient (Wildman–Crippen LogP) is 4.50. The van der Waals surface area contributed by atoms with Crippen LogP contribution in [0.3, 0.4) is 0 Å². The van der Waals surface area contributed by atoms with Gasteiger partial charge in [0.2, 0.25) is 0 Å². The molecule has 23 heavy (non-hydrogen) atoms. The van der Waals surface area contributed by atoms with E-state index in [2.05, 4.69) is 37.4 Å². The number of hydrogen-bond acceptors (Lipinski definition) is 2. The molecule has 0 heterocycles. The van der Waals surface area contributed by atoms with Crippen LogP contribution in [-0.2, 0) is 0 Å². The maximum atomic E-state index is 12.5. The molecular formula is C20H25NO2. The summed E-state index contributed by atoms with van der Waals surface area (Å²) in [6, 6.07) is 11.8. The van der Waals surface area contributed by atoms with Gasteiger partial charge in [-0.05, 0) is 69.5 Å². The Morgan fingerprint density at radius 3 is 2.43 bits per heavy atom. The average molecular weight is 311 g/mol. The molecule has 0 saturated carbocycles.